The van der Waals surface area contributed by atoms with Gasteiger partial charge in [-0.25, -0.2) is 0 Å². The van der Waals surface area contributed by atoms with E-state index in [2.05, 4.69) is 0 Å². The van der Waals surface area contributed by atoms with Crippen LogP contribution in [-0.2, 0) is 13.6 Å². The molecular weight excluding hydrogens is 307 g/mol. The average molecular weight is 323 g/mol. The number of aliphatic hydroxyl groups is 2. The first kappa shape index (κ1) is 16.4. The van der Waals surface area contributed by atoms with Crippen molar-refractivity contribution >= 4 is 19.6 Å². The van der Waals surface area contributed by atoms with E-state index in [9.17, 15) is 14.8 Å². The molecule has 0 aliphatic heterocycles. The third kappa shape index (κ3) is 4.49. The Kier molecular flexibility index (Phi) is 5.43. The molecule has 2 atom stereocenters. The van der Waals surface area contributed by atoms with Gasteiger partial charge in [-0.1, -0.05) is 33.3 Å². The van der Waals surface area contributed by atoms with Crippen LogP contribution in [-0.4, -0.2) is 10.2 Å². The van der Waals surface area contributed by atoms with Gasteiger partial charge >= 0.3 is 8.25 Å². The van der Waals surface area contributed by atoms with Crippen LogP contribution in [0.5, 0.6) is 0 Å². The molecule has 0 aliphatic carbocycles. The smallest absolute Gasteiger partial charge is 0.399 e. The van der Waals surface area contributed by atoms with Crippen molar-refractivity contribution in [2.24, 2.45) is 0 Å². The van der Waals surface area contributed by atoms with Gasteiger partial charge in [0.2, 0.25) is 12.6 Å². The third-order valence-electron chi connectivity index (χ3n) is 2.82. The van der Waals surface area contributed by atoms with Crippen molar-refractivity contribution in [2.75, 3.05) is 11.5 Å². The van der Waals surface area contributed by atoms with E-state index in [0.717, 1.165) is 0 Å². The van der Waals surface area contributed by atoms with E-state index in [-0.39, 0.29) is 0 Å². The first-order chi connectivity index (χ1) is 10.5. The van der Waals surface area contributed by atoms with E-state index in [1.54, 1.807) is 24.3 Å². The SMILES string of the molecule is Nc1ccc(C(O)O[P+](=O)OC(O)c2ccc(N)cc2)cc1. The molecule has 0 amide bonds. The van der Waals surface area contributed by atoms with Gasteiger partial charge in [0.05, 0.1) is 0 Å². The Balaban J connectivity index is 1.91. The maximum atomic E-state index is 11.7. The number of hydrogen-bond acceptors (Lipinski definition) is 7. The monoisotopic (exact) mass is 323 g/mol. The zero-order chi connectivity index (χ0) is 16.1. The van der Waals surface area contributed by atoms with E-state index < -0.39 is 20.8 Å². The van der Waals surface area contributed by atoms with E-state index in [0.29, 0.717) is 22.5 Å². The summed E-state index contributed by atoms with van der Waals surface area (Å²) in [6.07, 6.45) is -2.91. The van der Waals surface area contributed by atoms with Gasteiger partial charge in [-0.3, -0.25) is 0 Å². The van der Waals surface area contributed by atoms with Crippen LogP contribution in [0, 0.1) is 0 Å². The lowest BCUT2D eigenvalue weighted by atomic mass is 10.2. The van der Waals surface area contributed by atoms with Gasteiger partial charge in [-0.2, -0.15) is 0 Å². The first-order valence-electron chi connectivity index (χ1n) is 6.33. The molecule has 0 fully saturated rings. The zero-order valence-electron chi connectivity index (χ0n) is 11.5. The lowest BCUT2D eigenvalue weighted by Gasteiger charge is -2.06. The Morgan fingerprint density at radius 2 is 1.09 bits per heavy atom. The average Bonchev–Trinajstić information content (AvgIpc) is 2.48. The van der Waals surface area contributed by atoms with Gasteiger partial charge in [0, 0.05) is 27.1 Å². The van der Waals surface area contributed by atoms with Gasteiger partial charge in [0.25, 0.3) is 0 Å². The van der Waals surface area contributed by atoms with Crippen molar-refractivity contribution < 1.29 is 23.8 Å². The second-order valence-electron chi connectivity index (χ2n) is 4.47. The van der Waals surface area contributed by atoms with E-state index in [4.69, 9.17) is 20.5 Å². The summed E-state index contributed by atoms with van der Waals surface area (Å²) in [6, 6.07) is 12.4. The number of nitrogens with two attached hydrogens (primary N) is 2. The number of benzene rings is 2. The molecule has 22 heavy (non-hydrogen) atoms. The van der Waals surface area contributed by atoms with Crippen molar-refractivity contribution in [1.29, 1.82) is 0 Å². The molecule has 0 bridgehead atoms. The molecule has 0 saturated carbocycles. The van der Waals surface area contributed by atoms with Gasteiger partial charge in [-0.05, 0) is 24.3 Å². The highest BCUT2D eigenvalue weighted by atomic mass is 31.1. The van der Waals surface area contributed by atoms with Crippen LogP contribution < -0.4 is 11.5 Å². The summed E-state index contributed by atoms with van der Waals surface area (Å²) in [7, 11) is -2.73. The normalized spacial score (nSPS) is 14.4. The summed E-state index contributed by atoms with van der Waals surface area (Å²) in [4.78, 5) is 0. The van der Waals surface area contributed by atoms with Gasteiger partial charge < -0.3 is 21.7 Å². The van der Waals surface area contributed by atoms with Crippen LogP contribution in [0.2, 0.25) is 0 Å². The molecule has 2 aromatic rings. The lowest BCUT2D eigenvalue weighted by molar-refractivity contribution is -0.0619. The highest BCUT2D eigenvalue weighted by molar-refractivity contribution is 7.33. The molecule has 0 spiro atoms. The number of aliphatic hydroxyl groups excluding tert-OH is 2. The summed E-state index contributed by atoms with van der Waals surface area (Å²) >= 11 is 0. The van der Waals surface area contributed by atoms with E-state index >= 15 is 0 Å². The maximum absolute atomic E-state index is 11.7. The standard InChI is InChI=1S/C14H16N2O5P/c15-11-5-1-9(2-6-11)13(17)20-22(19)21-14(18)10-3-7-12(16)8-4-10/h1-8,13-14,17-18H,15-16H2/q+1. The first-order valence-corrected chi connectivity index (χ1v) is 7.43. The maximum Gasteiger partial charge on any atom is 0.703 e. The Hall–Kier alpha value is -2.02. The van der Waals surface area contributed by atoms with Crippen LogP contribution in [0.25, 0.3) is 0 Å². The number of nitrogen functional groups attached to an aromatic ring is 2. The quantitative estimate of drug-likeness (QED) is 0.364. The molecular formula is C14H16N2O5P+. The van der Waals surface area contributed by atoms with Crippen LogP contribution in [0.15, 0.2) is 48.5 Å². The molecule has 7 nitrogen and oxygen atoms in total. The van der Waals surface area contributed by atoms with Gasteiger partial charge in [-0.15, -0.1) is 0 Å². The van der Waals surface area contributed by atoms with Crippen molar-refractivity contribution in [2.45, 2.75) is 12.6 Å². The molecule has 0 saturated heterocycles. The summed E-state index contributed by atoms with van der Waals surface area (Å²) < 4.78 is 21.3. The Morgan fingerprint density at radius 1 is 0.773 bits per heavy atom. The molecule has 0 radical (unpaired) electrons. The minimum absolute atomic E-state index is 0.364. The second kappa shape index (κ2) is 7.31. The highest BCUT2D eigenvalue weighted by Crippen LogP contribution is 2.36. The zero-order valence-corrected chi connectivity index (χ0v) is 12.4. The van der Waals surface area contributed by atoms with Crippen LogP contribution >= 0.6 is 8.25 Å². The molecule has 8 heteroatoms. The van der Waals surface area contributed by atoms with Crippen molar-refractivity contribution in [3.63, 3.8) is 0 Å². The number of rotatable bonds is 6. The summed E-state index contributed by atoms with van der Waals surface area (Å²) in [5, 5.41) is 19.6. The largest absolute Gasteiger partial charge is 0.703 e. The van der Waals surface area contributed by atoms with Gasteiger partial charge in [0.15, 0.2) is 0 Å². The number of hydrogen-bond donors (Lipinski definition) is 4. The molecule has 0 aromatic heterocycles. The predicted octanol–water partition coefficient (Wildman–Crippen LogP) is 2.22. The van der Waals surface area contributed by atoms with E-state index in [1.165, 1.54) is 24.3 Å². The Bertz CT molecular complexity index is 577. The summed E-state index contributed by atoms with van der Waals surface area (Å²) in [5.74, 6) is 0. The van der Waals surface area contributed by atoms with Crippen molar-refractivity contribution in [3.05, 3.63) is 59.7 Å². The molecule has 2 rings (SSSR count). The second-order valence-corrected chi connectivity index (χ2v) is 5.34. The third-order valence-corrected chi connectivity index (χ3v) is 3.56. The van der Waals surface area contributed by atoms with Crippen molar-refractivity contribution in [1.82, 2.24) is 0 Å². The lowest BCUT2D eigenvalue weighted by Crippen LogP contribution is -2.02. The highest BCUT2D eigenvalue weighted by Gasteiger charge is 2.31. The molecule has 0 aliphatic rings. The summed E-state index contributed by atoms with van der Waals surface area (Å²) in [6.45, 7) is 0. The fraction of sp³-hybridized carbons (Fsp3) is 0.143. The molecule has 116 valence electrons. The fourth-order valence-electron chi connectivity index (χ4n) is 1.63. The molecule has 2 unspecified atom stereocenters. The van der Waals surface area contributed by atoms with Crippen LogP contribution in [0.1, 0.15) is 23.7 Å². The van der Waals surface area contributed by atoms with Crippen molar-refractivity contribution in [3.8, 4) is 0 Å². The minimum Gasteiger partial charge on any atom is -0.399 e. The molecule has 6 N–H and O–H groups in total. The minimum atomic E-state index is -2.73. The topological polar surface area (TPSA) is 128 Å². The Morgan fingerprint density at radius 3 is 1.41 bits per heavy atom. The van der Waals surface area contributed by atoms with E-state index in [1.807, 2.05) is 0 Å². The van der Waals surface area contributed by atoms with Gasteiger partial charge in [0.1, 0.15) is 0 Å². The molecule has 2 aromatic carbocycles. The fourth-order valence-corrected chi connectivity index (χ4v) is 2.25. The van der Waals surface area contributed by atoms with Crippen LogP contribution in [0.4, 0.5) is 11.4 Å². The molecule has 0 heterocycles. The summed E-state index contributed by atoms with van der Waals surface area (Å²) in [5.41, 5.74) is 12.8. The Labute approximate surface area is 128 Å². The predicted molar refractivity (Wildman–Crippen MR) is 81.4 cm³/mol. The number of anilines is 2. The van der Waals surface area contributed by atoms with Crippen LogP contribution in [0.3, 0.4) is 0 Å².